The highest BCUT2D eigenvalue weighted by Gasteiger charge is 1.95. The fraction of sp³-hybridized carbons (Fsp3) is 0.636. The van der Waals surface area contributed by atoms with E-state index in [0.717, 1.165) is 25.1 Å². The van der Waals surface area contributed by atoms with E-state index in [1.54, 1.807) is 7.11 Å². The fourth-order valence-corrected chi connectivity index (χ4v) is 1.32. The van der Waals surface area contributed by atoms with Crippen molar-refractivity contribution in [1.82, 2.24) is 4.57 Å². The van der Waals surface area contributed by atoms with E-state index in [2.05, 4.69) is 4.57 Å². The second kappa shape index (κ2) is 7.45. The van der Waals surface area contributed by atoms with E-state index >= 15 is 0 Å². The van der Waals surface area contributed by atoms with E-state index in [1.807, 2.05) is 18.5 Å². The molecule has 4 heteroatoms. The molecule has 1 rings (SSSR count). The summed E-state index contributed by atoms with van der Waals surface area (Å²) in [4.78, 5) is 0. The van der Waals surface area contributed by atoms with E-state index < -0.39 is 0 Å². The van der Waals surface area contributed by atoms with E-state index in [9.17, 15) is 0 Å². The topological polar surface area (TPSA) is 43.6 Å². The molecule has 0 atom stereocenters. The smallest absolute Gasteiger partial charge is 0.0700 e. The van der Waals surface area contributed by atoms with Gasteiger partial charge in [-0.2, -0.15) is 0 Å². The van der Waals surface area contributed by atoms with Gasteiger partial charge in [-0.1, -0.05) is 0 Å². The third-order valence-electron chi connectivity index (χ3n) is 2.13. The molecule has 0 aromatic carbocycles. The summed E-state index contributed by atoms with van der Waals surface area (Å²) in [6.45, 7) is 3.09. The molecule has 1 heterocycles. The van der Waals surface area contributed by atoms with E-state index in [4.69, 9.17) is 14.6 Å². The minimum Gasteiger partial charge on any atom is -0.392 e. The first-order valence-corrected chi connectivity index (χ1v) is 5.19. The van der Waals surface area contributed by atoms with Crippen LogP contribution in [0.2, 0.25) is 0 Å². The molecular formula is C11H19NO3. The third kappa shape index (κ3) is 4.97. The molecule has 0 aliphatic carbocycles. The predicted molar refractivity (Wildman–Crippen MR) is 57.7 cm³/mol. The molecule has 0 aliphatic rings. The number of rotatable bonds is 8. The van der Waals surface area contributed by atoms with Gasteiger partial charge in [0.1, 0.15) is 0 Å². The van der Waals surface area contributed by atoms with Gasteiger partial charge in [-0.15, -0.1) is 0 Å². The minimum atomic E-state index is 0.108. The predicted octanol–water partition coefficient (Wildman–Crippen LogP) is 1.03. The molecule has 1 N–H and O–H groups in total. The van der Waals surface area contributed by atoms with Crippen molar-refractivity contribution in [2.45, 2.75) is 19.6 Å². The highest BCUT2D eigenvalue weighted by molar-refractivity contribution is 5.08. The van der Waals surface area contributed by atoms with Gasteiger partial charge in [0.2, 0.25) is 0 Å². The number of hydrogen-bond acceptors (Lipinski definition) is 3. The molecule has 0 aliphatic heterocycles. The Morgan fingerprint density at radius 3 is 2.87 bits per heavy atom. The summed E-state index contributed by atoms with van der Waals surface area (Å²) in [6.07, 6.45) is 4.90. The van der Waals surface area contributed by atoms with Crippen molar-refractivity contribution in [2.24, 2.45) is 0 Å². The lowest BCUT2D eigenvalue weighted by Gasteiger charge is -2.04. The molecule has 15 heavy (non-hydrogen) atoms. The van der Waals surface area contributed by atoms with Crippen LogP contribution in [0.15, 0.2) is 18.5 Å². The zero-order valence-electron chi connectivity index (χ0n) is 9.19. The Hall–Kier alpha value is -0.840. The Bertz CT molecular complexity index is 260. The summed E-state index contributed by atoms with van der Waals surface area (Å²) in [6, 6.07) is 1.92. The quantitative estimate of drug-likeness (QED) is 0.656. The molecule has 0 spiro atoms. The van der Waals surface area contributed by atoms with E-state index in [0.29, 0.717) is 13.2 Å². The van der Waals surface area contributed by atoms with Crippen LogP contribution in [0.4, 0.5) is 0 Å². The van der Waals surface area contributed by atoms with Gasteiger partial charge in [-0.05, 0) is 18.1 Å². The molecule has 86 valence electrons. The standard InChI is InChI=1S/C11H19NO3/c1-14-7-8-15-6-2-4-12-5-3-11(9-12)10-13/h3,5,9,13H,2,4,6-8,10H2,1H3. The van der Waals surface area contributed by atoms with Crippen molar-refractivity contribution in [3.63, 3.8) is 0 Å². The maximum absolute atomic E-state index is 8.87. The lowest BCUT2D eigenvalue weighted by atomic mass is 10.4. The molecule has 1 aromatic heterocycles. The molecule has 0 saturated carbocycles. The summed E-state index contributed by atoms with van der Waals surface area (Å²) in [5.74, 6) is 0. The first-order chi connectivity index (χ1) is 7.36. The van der Waals surface area contributed by atoms with Crippen LogP contribution in [0.1, 0.15) is 12.0 Å². The Morgan fingerprint density at radius 2 is 2.20 bits per heavy atom. The van der Waals surface area contributed by atoms with Crippen LogP contribution in [0.5, 0.6) is 0 Å². The van der Waals surface area contributed by atoms with Crippen LogP contribution < -0.4 is 0 Å². The fourth-order valence-electron chi connectivity index (χ4n) is 1.32. The van der Waals surface area contributed by atoms with Crippen molar-refractivity contribution in [1.29, 1.82) is 0 Å². The molecule has 0 bridgehead atoms. The average Bonchev–Trinajstić information content (AvgIpc) is 2.71. The molecule has 0 unspecified atom stereocenters. The second-order valence-corrected chi connectivity index (χ2v) is 3.37. The van der Waals surface area contributed by atoms with E-state index in [-0.39, 0.29) is 6.61 Å². The monoisotopic (exact) mass is 213 g/mol. The molecule has 0 radical (unpaired) electrons. The van der Waals surface area contributed by atoms with Crippen LogP contribution in [0, 0.1) is 0 Å². The lowest BCUT2D eigenvalue weighted by molar-refractivity contribution is 0.0680. The first-order valence-electron chi connectivity index (χ1n) is 5.19. The highest BCUT2D eigenvalue weighted by Crippen LogP contribution is 2.01. The summed E-state index contributed by atoms with van der Waals surface area (Å²) in [5, 5.41) is 8.87. The van der Waals surface area contributed by atoms with Crippen molar-refractivity contribution < 1.29 is 14.6 Å². The molecule has 4 nitrogen and oxygen atoms in total. The Kier molecular flexibility index (Phi) is 6.08. The SMILES string of the molecule is COCCOCCCn1ccc(CO)c1. The molecule has 1 aromatic rings. The van der Waals surface area contributed by atoms with Crippen LogP contribution in [-0.4, -0.2) is 36.6 Å². The summed E-state index contributed by atoms with van der Waals surface area (Å²) in [5.41, 5.74) is 0.954. The molecule has 0 amide bonds. The molecular weight excluding hydrogens is 194 g/mol. The van der Waals surface area contributed by atoms with Gasteiger partial charge in [0.15, 0.2) is 0 Å². The summed E-state index contributed by atoms with van der Waals surface area (Å²) in [7, 11) is 1.67. The zero-order chi connectivity index (χ0) is 10.9. The number of ether oxygens (including phenoxy) is 2. The van der Waals surface area contributed by atoms with Crippen molar-refractivity contribution >= 4 is 0 Å². The van der Waals surface area contributed by atoms with Crippen molar-refractivity contribution in [2.75, 3.05) is 26.9 Å². The number of methoxy groups -OCH3 is 1. The van der Waals surface area contributed by atoms with Crippen LogP contribution >= 0.6 is 0 Å². The number of hydrogen-bond donors (Lipinski definition) is 1. The maximum atomic E-state index is 8.87. The normalized spacial score (nSPS) is 10.8. The number of aliphatic hydroxyl groups is 1. The molecule has 0 fully saturated rings. The van der Waals surface area contributed by atoms with E-state index in [1.165, 1.54) is 0 Å². The Labute approximate surface area is 90.4 Å². The third-order valence-corrected chi connectivity index (χ3v) is 2.13. The summed E-state index contributed by atoms with van der Waals surface area (Å²) >= 11 is 0. The van der Waals surface area contributed by atoms with Gasteiger partial charge >= 0.3 is 0 Å². The van der Waals surface area contributed by atoms with Gasteiger partial charge in [-0.3, -0.25) is 0 Å². The number of nitrogens with zero attached hydrogens (tertiary/aromatic N) is 1. The lowest BCUT2D eigenvalue weighted by Crippen LogP contribution is -2.05. The Morgan fingerprint density at radius 1 is 1.33 bits per heavy atom. The number of aryl methyl sites for hydroxylation is 1. The number of aromatic nitrogens is 1. The van der Waals surface area contributed by atoms with Gasteiger partial charge in [-0.25, -0.2) is 0 Å². The van der Waals surface area contributed by atoms with Crippen molar-refractivity contribution in [3.8, 4) is 0 Å². The average molecular weight is 213 g/mol. The minimum absolute atomic E-state index is 0.108. The van der Waals surface area contributed by atoms with Gasteiger partial charge in [0, 0.05) is 32.7 Å². The van der Waals surface area contributed by atoms with Gasteiger partial charge < -0.3 is 19.1 Å². The zero-order valence-corrected chi connectivity index (χ0v) is 9.19. The first kappa shape index (κ1) is 12.2. The van der Waals surface area contributed by atoms with Crippen molar-refractivity contribution in [3.05, 3.63) is 24.0 Å². The second-order valence-electron chi connectivity index (χ2n) is 3.37. The van der Waals surface area contributed by atoms with Gasteiger partial charge in [0.25, 0.3) is 0 Å². The van der Waals surface area contributed by atoms with Crippen LogP contribution in [0.3, 0.4) is 0 Å². The highest BCUT2D eigenvalue weighted by atomic mass is 16.5. The Balaban J connectivity index is 2.04. The summed E-state index contributed by atoms with van der Waals surface area (Å²) < 4.78 is 12.3. The number of aliphatic hydroxyl groups excluding tert-OH is 1. The maximum Gasteiger partial charge on any atom is 0.0700 e. The van der Waals surface area contributed by atoms with Crippen LogP contribution in [-0.2, 0) is 22.6 Å². The molecule has 0 saturated heterocycles. The van der Waals surface area contributed by atoms with Crippen LogP contribution in [0.25, 0.3) is 0 Å². The largest absolute Gasteiger partial charge is 0.392 e. The van der Waals surface area contributed by atoms with Gasteiger partial charge in [0.05, 0.1) is 19.8 Å².